The first-order valence-corrected chi connectivity index (χ1v) is 6.00. The summed E-state index contributed by atoms with van der Waals surface area (Å²) < 4.78 is 7.28. The topological polar surface area (TPSA) is 34.4 Å². The standard InChI is InChI=1S/C13H16ClNO2/c1-4-15-7-10(8(2)16)9-5-13(17-3)11(14)6-12(9)15/h5-8,16H,4H2,1-3H3. The van der Waals surface area contributed by atoms with Gasteiger partial charge in [0.1, 0.15) is 5.75 Å². The monoisotopic (exact) mass is 253 g/mol. The number of fused-ring (bicyclic) bond motifs is 1. The normalized spacial score (nSPS) is 13.0. The van der Waals surface area contributed by atoms with Gasteiger partial charge < -0.3 is 14.4 Å². The number of ether oxygens (including phenoxy) is 1. The molecule has 3 nitrogen and oxygen atoms in total. The van der Waals surface area contributed by atoms with Gasteiger partial charge in [-0.2, -0.15) is 0 Å². The third-order valence-electron chi connectivity index (χ3n) is 2.98. The molecule has 1 aromatic heterocycles. The van der Waals surface area contributed by atoms with Crippen LogP contribution in [0, 0.1) is 0 Å². The molecule has 2 rings (SSSR count). The second kappa shape index (κ2) is 4.59. The van der Waals surface area contributed by atoms with Gasteiger partial charge in [0.05, 0.1) is 23.8 Å². The zero-order chi connectivity index (χ0) is 12.6. The molecule has 2 aromatic rings. The number of nitrogens with zero attached hydrogens (tertiary/aromatic N) is 1. The molecule has 4 heteroatoms. The molecule has 0 saturated carbocycles. The Balaban J connectivity index is 2.77. The van der Waals surface area contributed by atoms with Crippen LogP contribution in [-0.4, -0.2) is 16.8 Å². The molecule has 0 spiro atoms. The van der Waals surface area contributed by atoms with Crippen LogP contribution in [0.5, 0.6) is 5.75 Å². The highest BCUT2D eigenvalue weighted by Crippen LogP contribution is 2.34. The van der Waals surface area contributed by atoms with Crippen LogP contribution in [0.1, 0.15) is 25.5 Å². The number of aromatic nitrogens is 1. The van der Waals surface area contributed by atoms with Crippen LogP contribution in [0.15, 0.2) is 18.3 Å². The number of hydrogen-bond acceptors (Lipinski definition) is 2. The lowest BCUT2D eigenvalue weighted by molar-refractivity contribution is 0.200. The largest absolute Gasteiger partial charge is 0.495 e. The predicted octanol–water partition coefficient (Wildman–Crippen LogP) is 3.38. The zero-order valence-corrected chi connectivity index (χ0v) is 11.0. The van der Waals surface area contributed by atoms with Crippen molar-refractivity contribution in [3.05, 3.63) is 28.9 Å². The van der Waals surface area contributed by atoms with E-state index in [1.807, 2.05) is 18.3 Å². The van der Waals surface area contributed by atoms with E-state index >= 15 is 0 Å². The molecule has 92 valence electrons. The summed E-state index contributed by atoms with van der Waals surface area (Å²) in [5, 5.41) is 11.4. The molecular formula is C13H16ClNO2. The third kappa shape index (κ3) is 2.01. The summed E-state index contributed by atoms with van der Waals surface area (Å²) in [4.78, 5) is 0. The van der Waals surface area contributed by atoms with E-state index in [1.165, 1.54) is 0 Å². The number of rotatable bonds is 3. The van der Waals surface area contributed by atoms with Crippen molar-refractivity contribution in [3.63, 3.8) is 0 Å². The zero-order valence-electron chi connectivity index (χ0n) is 10.2. The second-order valence-electron chi connectivity index (χ2n) is 4.05. The van der Waals surface area contributed by atoms with Gasteiger partial charge in [-0.05, 0) is 26.0 Å². The average molecular weight is 254 g/mol. The Morgan fingerprint density at radius 3 is 2.71 bits per heavy atom. The number of aryl methyl sites for hydroxylation is 1. The molecule has 0 aliphatic rings. The molecule has 0 radical (unpaired) electrons. The third-order valence-corrected chi connectivity index (χ3v) is 3.27. The second-order valence-corrected chi connectivity index (χ2v) is 4.46. The van der Waals surface area contributed by atoms with Crippen molar-refractivity contribution in [3.8, 4) is 5.75 Å². The van der Waals surface area contributed by atoms with E-state index in [0.29, 0.717) is 10.8 Å². The summed E-state index contributed by atoms with van der Waals surface area (Å²) in [6, 6.07) is 3.76. The Kier molecular flexibility index (Phi) is 3.31. The van der Waals surface area contributed by atoms with Crippen molar-refractivity contribution in [1.82, 2.24) is 4.57 Å². The lowest BCUT2D eigenvalue weighted by Crippen LogP contribution is -1.91. The minimum Gasteiger partial charge on any atom is -0.495 e. The highest BCUT2D eigenvalue weighted by Gasteiger charge is 2.14. The smallest absolute Gasteiger partial charge is 0.138 e. The highest BCUT2D eigenvalue weighted by molar-refractivity contribution is 6.32. The number of hydrogen-bond donors (Lipinski definition) is 1. The maximum absolute atomic E-state index is 9.78. The van der Waals surface area contributed by atoms with Crippen LogP contribution < -0.4 is 4.74 Å². The van der Waals surface area contributed by atoms with Crippen molar-refractivity contribution < 1.29 is 9.84 Å². The van der Waals surface area contributed by atoms with Crippen molar-refractivity contribution >= 4 is 22.5 Å². The van der Waals surface area contributed by atoms with Gasteiger partial charge in [0.15, 0.2) is 0 Å². The van der Waals surface area contributed by atoms with E-state index in [2.05, 4.69) is 11.5 Å². The van der Waals surface area contributed by atoms with Gasteiger partial charge >= 0.3 is 0 Å². The Hall–Kier alpha value is -1.19. The van der Waals surface area contributed by atoms with Gasteiger partial charge in [-0.3, -0.25) is 0 Å². The van der Waals surface area contributed by atoms with Crippen LogP contribution in [0.25, 0.3) is 10.9 Å². The number of benzene rings is 1. The summed E-state index contributed by atoms with van der Waals surface area (Å²) in [5.74, 6) is 0.634. The number of methoxy groups -OCH3 is 1. The fraction of sp³-hybridized carbons (Fsp3) is 0.385. The minimum absolute atomic E-state index is 0.504. The Labute approximate surface area is 106 Å². The molecule has 0 saturated heterocycles. The number of halogens is 1. The van der Waals surface area contributed by atoms with Gasteiger partial charge in [-0.25, -0.2) is 0 Å². The summed E-state index contributed by atoms with van der Waals surface area (Å²) in [7, 11) is 1.59. The summed E-state index contributed by atoms with van der Waals surface area (Å²) in [6.07, 6.45) is 1.46. The van der Waals surface area contributed by atoms with Gasteiger partial charge in [0, 0.05) is 23.7 Å². The predicted molar refractivity (Wildman–Crippen MR) is 69.8 cm³/mol. The van der Waals surface area contributed by atoms with Crippen molar-refractivity contribution in [2.45, 2.75) is 26.5 Å². The molecule has 17 heavy (non-hydrogen) atoms. The van der Waals surface area contributed by atoms with E-state index < -0.39 is 6.10 Å². The molecule has 0 fully saturated rings. The molecule has 0 amide bonds. The van der Waals surface area contributed by atoms with Gasteiger partial charge in [-0.15, -0.1) is 0 Å². The molecule has 0 bridgehead atoms. The van der Waals surface area contributed by atoms with Crippen LogP contribution in [-0.2, 0) is 6.54 Å². The molecule has 1 heterocycles. The van der Waals surface area contributed by atoms with E-state index in [-0.39, 0.29) is 0 Å². The average Bonchev–Trinajstić information content (AvgIpc) is 2.65. The summed E-state index contributed by atoms with van der Waals surface area (Å²) in [5.41, 5.74) is 1.92. The molecule has 1 aromatic carbocycles. The minimum atomic E-state index is -0.504. The fourth-order valence-corrected chi connectivity index (χ4v) is 2.30. The van der Waals surface area contributed by atoms with Gasteiger partial charge in [0.2, 0.25) is 0 Å². The van der Waals surface area contributed by atoms with Crippen molar-refractivity contribution in [1.29, 1.82) is 0 Å². The van der Waals surface area contributed by atoms with Crippen molar-refractivity contribution in [2.24, 2.45) is 0 Å². The van der Waals surface area contributed by atoms with E-state index in [1.54, 1.807) is 14.0 Å². The van der Waals surface area contributed by atoms with E-state index in [0.717, 1.165) is 23.0 Å². The molecule has 1 unspecified atom stereocenters. The van der Waals surface area contributed by atoms with Gasteiger partial charge in [0.25, 0.3) is 0 Å². The molecule has 1 N–H and O–H groups in total. The quantitative estimate of drug-likeness (QED) is 0.910. The molecular weight excluding hydrogens is 238 g/mol. The molecule has 0 aliphatic heterocycles. The van der Waals surface area contributed by atoms with E-state index in [9.17, 15) is 5.11 Å². The molecule has 0 aliphatic carbocycles. The Morgan fingerprint density at radius 1 is 1.47 bits per heavy atom. The first-order valence-electron chi connectivity index (χ1n) is 5.62. The lowest BCUT2D eigenvalue weighted by Gasteiger charge is -2.06. The SMILES string of the molecule is CCn1cc(C(C)O)c2cc(OC)c(Cl)cc21. The Morgan fingerprint density at radius 2 is 2.18 bits per heavy atom. The van der Waals surface area contributed by atoms with Crippen molar-refractivity contribution in [2.75, 3.05) is 7.11 Å². The first-order chi connectivity index (χ1) is 8.08. The molecule has 1 atom stereocenters. The lowest BCUT2D eigenvalue weighted by atomic mass is 10.1. The van der Waals surface area contributed by atoms with Crippen LogP contribution >= 0.6 is 11.6 Å². The maximum atomic E-state index is 9.78. The Bertz CT molecular complexity index is 546. The number of aliphatic hydroxyl groups is 1. The summed E-state index contributed by atoms with van der Waals surface area (Å²) >= 11 is 6.12. The highest BCUT2D eigenvalue weighted by atomic mass is 35.5. The van der Waals surface area contributed by atoms with E-state index in [4.69, 9.17) is 16.3 Å². The fourth-order valence-electron chi connectivity index (χ4n) is 2.07. The van der Waals surface area contributed by atoms with Gasteiger partial charge in [-0.1, -0.05) is 11.6 Å². The van der Waals surface area contributed by atoms with Crippen LogP contribution in [0.3, 0.4) is 0 Å². The number of aliphatic hydroxyl groups excluding tert-OH is 1. The summed E-state index contributed by atoms with van der Waals surface area (Å²) in [6.45, 7) is 4.66. The van der Waals surface area contributed by atoms with Crippen LogP contribution in [0.4, 0.5) is 0 Å². The maximum Gasteiger partial charge on any atom is 0.138 e. The van der Waals surface area contributed by atoms with Crippen LogP contribution in [0.2, 0.25) is 5.02 Å². The first kappa shape index (κ1) is 12.3.